The molecule has 0 amide bonds. The van der Waals surface area contributed by atoms with Gasteiger partial charge in [-0.3, -0.25) is 9.79 Å². The van der Waals surface area contributed by atoms with Gasteiger partial charge in [-0.25, -0.2) is 0 Å². The Morgan fingerprint density at radius 3 is 2.32 bits per heavy atom. The average molecular weight is 345 g/mol. The fraction of sp³-hybridized carbons (Fsp3) is 0.600. The second-order valence-corrected chi connectivity index (χ2v) is 7.63. The predicted molar refractivity (Wildman–Crippen MR) is 102 cm³/mol. The molecule has 138 valence electrons. The Hall–Kier alpha value is -2.04. The number of likely N-dealkylation sites (tertiary alicyclic amines) is 1. The zero-order chi connectivity index (χ0) is 18.4. The van der Waals surface area contributed by atoms with Gasteiger partial charge in [0.05, 0.1) is 13.0 Å². The lowest BCUT2D eigenvalue weighted by Gasteiger charge is -2.33. The molecule has 2 rings (SSSR count). The number of piperidine rings is 1. The molecule has 1 aliphatic rings. The van der Waals surface area contributed by atoms with Crippen molar-refractivity contribution < 1.29 is 9.53 Å². The summed E-state index contributed by atoms with van der Waals surface area (Å²) in [6.07, 6.45) is 1.63. The van der Waals surface area contributed by atoms with Crippen LogP contribution in [0.25, 0.3) is 0 Å². The van der Waals surface area contributed by atoms with E-state index in [-0.39, 0.29) is 17.3 Å². The first-order chi connectivity index (χ1) is 11.8. The van der Waals surface area contributed by atoms with Crippen molar-refractivity contribution >= 4 is 11.9 Å². The van der Waals surface area contributed by atoms with Crippen LogP contribution in [-0.4, -0.2) is 44.1 Å². The molecule has 0 unspecified atom stereocenters. The zero-order valence-corrected chi connectivity index (χ0v) is 16.1. The van der Waals surface area contributed by atoms with E-state index in [9.17, 15) is 4.79 Å². The van der Waals surface area contributed by atoms with Crippen LogP contribution in [0, 0.1) is 5.92 Å². The van der Waals surface area contributed by atoms with Gasteiger partial charge in [-0.05, 0) is 29.4 Å². The lowest BCUT2D eigenvalue weighted by atomic mass is 9.87. The second-order valence-electron chi connectivity index (χ2n) is 7.63. The first kappa shape index (κ1) is 19.3. The van der Waals surface area contributed by atoms with Crippen molar-refractivity contribution in [1.29, 1.82) is 0 Å². The van der Waals surface area contributed by atoms with E-state index in [1.54, 1.807) is 7.05 Å². The smallest absolute Gasteiger partial charge is 0.308 e. The largest absolute Gasteiger partial charge is 0.469 e. The number of carbonyl (C=O) groups excluding carboxylic acids is 1. The number of hydrogen-bond acceptors (Lipinski definition) is 3. The van der Waals surface area contributed by atoms with Crippen LogP contribution in [0.1, 0.15) is 44.7 Å². The number of guanidine groups is 1. The molecule has 25 heavy (non-hydrogen) atoms. The summed E-state index contributed by atoms with van der Waals surface area (Å²) in [6, 6.07) is 8.73. The third kappa shape index (κ3) is 5.21. The Labute approximate surface area is 151 Å². The van der Waals surface area contributed by atoms with Gasteiger partial charge in [0.25, 0.3) is 0 Å². The third-order valence-electron chi connectivity index (χ3n) is 4.81. The molecule has 0 bridgehead atoms. The number of nitrogens with one attached hydrogen (secondary N) is 1. The van der Waals surface area contributed by atoms with Crippen molar-refractivity contribution in [2.45, 2.75) is 45.6 Å². The van der Waals surface area contributed by atoms with E-state index in [0.717, 1.165) is 38.4 Å². The van der Waals surface area contributed by atoms with Crippen LogP contribution in [0.5, 0.6) is 0 Å². The molecule has 5 nitrogen and oxygen atoms in total. The van der Waals surface area contributed by atoms with Gasteiger partial charge in [-0.15, -0.1) is 0 Å². The zero-order valence-electron chi connectivity index (χ0n) is 16.1. The highest BCUT2D eigenvalue weighted by Crippen LogP contribution is 2.22. The minimum absolute atomic E-state index is 0.0179. The Morgan fingerprint density at radius 2 is 1.84 bits per heavy atom. The van der Waals surface area contributed by atoms with Gasteiger partial charge < -0.3 is 15.0 Å². The molecular formula is C20H31N3O2. The van der Waals surface area contributed by atoms with Crippen molar-refractivity contribution in [2.75, 3.05) is 27.2 Å². The molecule has 0 radical (unpaired) electrons. The first-order valence-corrected chi connectivity index (χ1v) is 8.98. The van der Waals surface area contributed by atoms with Gasteiger partial charge in [-0.1, -0.05) is 45.0 Å². The molecule has 0 spiro atoms. The van der Waals surface area contributed by atoms with Crippen LogP contribution in [0.15, 0.2) is 29.3 Å². The second kappa shape index (κ2) is 8.37. The number of methoxy groups -OCH3 is 1. The first-order valence-electron chi connectivity index (χ1n) is 8.98. The highest BCUT2D eigenvalue weighted by molar-refractivity contribution is 5.80. The summed E-state index contributed by atoms with van der Waals surface area (Å²) in [5, 5.41) is 3.43. The van der Waals surface area contributed by atoms with Crippen molar-refractivity contribution in [3.05, 3.63) is 35.4 Å². The fourth-order valence-corrected chi connectivity index (χ4v) is 3.13. The van der Waals surface area contributed by atoms with E-state index >= 15 is 0 Å². The molecule has 1 aliphatic heterocycles. The van der Waals surface area contributed by atoms with Gasteiger partial charge in [0.15, 0.2) is 5.96 Å². The number of benzene rings is 1. The molecule has 1 fully saturated rings. The molecule has 0 saturated carbocycles. The summed E-state index contributed by atoms with van der Waals surface area (Å²) in [5.74, 6) is 0.814. The van der Waals surface area contributed by atoms with Crippen LogP contribution in [0.4, 0.5) is 0 Å². The van der Waals surface area contributed by atoms with Gasteiger partial charge in [0.2, 0.25) is 0 Å². The number of nitrogens with zero attached hydrogens (tertiary/aromatic N) is 2. The Morgan fingerprint density at radius 1 is 1.24 bits per heavy atom. The maximum absolute atomic E-state index is 11.6. The van der Waals surface area contributed by atoms with Crippen LogP contribution in [-0.2, 0) is 21.5 Å². The molecule has 1 heterocycles. The molecular weight excluding hydrogens is 314 g/mol. The number of aliphatic imine (C=N–C) groups is 1. The molecule has 1 aromatic carbocycles. The number of hydrogen-bond donors (Lipinski definition) is 1. The topological polar surface area (TPSA) is 53.9 Å². The quantitative estimate of drug-likeness (QED) is 0.520. The van der Waals surface area contributed by atoms with Crippen molar-refractivity contribution in [2.24, 2.45) is 10.9 Å². The monoisotopic (exact) mass is 345 g/mol. The van der Waals surface area contributed by atoms with E-state index in [4.69, 9.17) is 4.74 Å². The lowest BCUT2D eigenvalue weighted by molar-refractivity contribution is -0.146. The van der Waals surface area contributed by atoms with Gasteiger partial charge in [0, 0.05) is 26.7 Å². The fourth-order valence-electron chi connectivity index (χ4n) is 3.13. The Kier molecular flexibility index (Phi) is 6.45. The van der Waals surface area contributed by atoms with Gasteiger partial charge in [0.1, 0.15) is 0 Å². The molecule has 0 atom stereocenters. The molecule has 1 aromatic rings. The number of carbonyl (C=O) groups is 1. The van der Waals surface area contributed by atoms with Crippen LogP contribution < -0.4 is 5.32 Å². The SMILES string of the molecule is CN=C(NCc1ccc(C(C)(C)C)cc1)N1CCC(C(=O)OC)CC1. The van der Waals surface area contributed by atoms with E-state index in [1.807, 2.05) is 0 Å². The van der Waals surface area contributed by atoms with E-state index < -0.39 is 0 Å². The molecule has 1 saturated heterocycles. The predicted octanol–water partition coefficient (Wildman–Crippen LogP) is 2.94. The minimum atomic E-state index is -0.0958. The Bertz CT molecular complexity index is 594. The highest BCUT2D eigenvalue weighted by atomic mass is 16.5. The van der Waals surface area contributed by atoms with Crippen LogP contribution >= 0.6 is 0 Å². The van der Waals surface area contributed by atoms with Crippen LogP contribution in [0.3, 0.4) is 0 Å². The maximum atomic E-state index is 11.6. The number of rotatable bonds is 3. The van der Waals surface area contributed by atoms with E-state index in [1.165, 1.54) is 18.2 Å². The summed E-state index contributed by atoms with van der Waals surface area (Å²) in [4.78, 5) is 18.2. The molecule has 1 N–H and O–H groups in total. The minimum Gasteiger partial charge on any atom is -0.469 e. The van der Waals surface area contributed by atoms with Crippen molar-refractivity contribution in [3.8, 4) is 0 Å². The normalized spacial score (nSPS) is 16.7. The average Bonchev–Trinajstić information content (AvgIpc) is 2.61. The maximum Gasteiger partial charge on any atom is 0.308 e. The summed E-state index contributed by atoms with van der Waals surface area (Å²) in [7, 11) is 3.26. The highest BCUT2D eigenvalue weighted by Gasteiger charge is 2.26. The summed E-state index contributed by atoms with van der Waals surface area (Å²) < 4.78 is 4.85. The third-order valence-corrected chi connectivity index (χ3v) is 4.81. The number of ether oxygens (including phenoxy) is 1. The lowest BCUT2D eigenvalue weighted by Crippen LogP contribution is -2.46. The summed E-state index contributed by atoms with van der Waals surface area (Å²) in [5.41, 5.74) is 2.75. The van der Waals surface area contributed by atoms with Gasteiger partial charge in [-0.2, -0.15) is 0 Å². The molecule has 5 heteroatoms. The van der Waals surface area contributed by atoms with Crippen LogP contribution in [0.2, 0.25) is 0 Å². The van der Waals surface area contributed by atoms with E-state index in [0.29, 0.717) is 0 Å². The van der Waals surface area contributed by atoms with E-state index in [2.05, 4.69) is 60.2 Å². The van der Waals surface area contributed by atoms with Crippen molar-refractivity contribution in [1.82, 2.24) is 10.2 Å². The summed E-state index contributed by atoms with van der Waals surface area (Å²) >= 11 is 0. The number of esters is 1. The standard InChI is InChI=1S/C20H31N3O2/c1-20(2,3)17-8-6-15(7-9-17)14-22-19(21-4)23-12-10-16(11-13-23)18(24)25-5/h6-9,16H,10-14H2,1-5H3,(H,21,22). The molecule has 0 aromatic heterocycles. The Balaban J connectivity index is 1.88. The van der Waals surface area contributed by atoms with Gasteiger partial charge >= 0.3 is 5.97 Å². The van der Waals surface area contributed by atoms with Crippen molar-refractivity contribution in [3.63, 3.8) is 0 Å². The summed E-state index contributed by atoms with van der Waals surface area (Å²) in [6.45, 7) is 9.05. The molecule has 0 aliphatic carbocycles.